The fourth-order valence-electron chi connectivity index (χ4n) is 0.974. The zero-order valence-corrected chi connectivity index (χ0v) is 9.70. The fraction of sp³-hybridized carbons (Fsp3) is 0.556. The Morgan fingerprint density at radius 2 is 2.17 bits per heavy atom. The summed E-state index contributed by atoms with van der Waals surface area (Å²) in [5.41, 5.74) is 0.00426. The minimum atomic E-state index is 0.00426. The van der Waals surface area contributed by atoms with Crippen molar-refractivity contribution in [3.8, 4) is 0 Å². The predicted octanol–water partition coefficient (Wildman–Crippen LogP) is 3.07. The predicted molar refractivity (Wildman–Crippen MR) is 56.6 cm³/mol. The monoisotopic (exact) mass is 248 g/mol. The van der Waals surface area contributed by atoms with Crippen LogP contribution in [-0.2, 0) is 6.42 Å². The van der Waals surface area contributed by atoms with E-state index in [1.54, 1.807) is 11.3 Å². The van der Waals surface area contributed by atoms with E-state index < -0.39 is 0 Å². The first kappa shape index (κ1) is 10.2. The minimum Gasteiger partial charge on any atom is -0.396 e. The maximum Gasteiger partial charge on any atom is 0.0701 e. The van der Waals surface area contributed by atoms with Crippen LogP contribution in [0.2, 0.25) is 0 Å². The van der Waals surface area contributed by atoms with Crippen LogP contribution >= 0.6 is 27.3 Å². The fourth-order valence-corrected chi connectivity index (χ4v) is 2.72. The van der Waals surface area contributed by atoms with Crippen LogP contribution in [0.4, 0.5) is 0 Å². The van der Waals surface area contributed by atoms with Crippen LogP contribution < -0.4 is 0 Å². The van der Waals surface area contributed by atoms with Crippen LogP contribution in [-0.4, -0.2) is 11.7 Å². The third kappa shape index (κ3) is 2.88. The van der Waals surface area contributed by atoms with Crippen molar-refractivity contribution in [2.24, 2.45) is 5.41 Å². The van der Waals surface area contributed by atoms with E-state index in [0.29, 0.717) is 0 Å². The van der Waals surface area contributed by atoms with E-state index in [1.165, 1.54) is 4.88 Å². The molecule has 0 bridgehead atoms. The maximum absolute atomic E-state index is 9.06. The Kier molecular flexibility index (Phi) is 3.32. The van der Waals surface area contributed by atoms with Crippen molar-refractivity contribution in [1.82, 2.24) is 0 Å². The van der Waals surface area contributed by atoms with E-state index in [9.17, 15) is 0 Å². The zero-order chi connectivity index (χ0) is 9.19. The molecular weight excluding hydrogens is 236 g/mol. The molecule has 1 rings (SSSR count). The third-order valence-electron chi connectivity index (χ3n) is 1.71. The Bertz CT molecular complexity index is 255. The highest BCUT2D eigenvalue weighted by molar-refractivity contribution is 9.11. The molecule has 1 nitrogen and oxygen atoms in total. The summed E-state index contributed by atoms with van der Waals surface area (Å²) in [6.07, 6.45) is 0.944. The van der Waals surface area contributed by atoms with Gasteiger partial charge in [-0.3, -0.25) is 0 Å². The number of hydrogen-bond donors (Lipinski definition) is 1. The first-order valence-corrected chi connectivity index (χ1v) is 5.49. The van der Waals surface area contributed by atoms with Gasteiger partial charge < -0.3 is 5.11 Å². The molecule has 12 heavy (non-hydrogen) atoms. The van der Waals surface area contributed by atoms with E-state index >= 15 is 0 Å². The van der Waals surface area contributed by atoms with Crippen molar-refractivity contribution in [3.63, 3.8) is 0 Å². The molecule has 0 aliphatic carbocycles. The van der Waals surface area contributed by atoms with E-state index in [4.69, 9.17) is 5.11 Å². The molecular formula is C9H13BrOS. The van der Waals surface area contributed by atoms with Crippen LogP contribution in [0.5, 0.6) is 0 Å². The average molecular weight is 249 g/mol. The molecule has 0 atom stereocenters. The van der Waals surface area contributed by atoms with Crippen molar-refractivity contribution in [2.45, 2.75) is 20.3 Å². The molecule has 3 heteroatoms. The van der Waals surface area contributed by atoms with Gasteiger partial charge in [-0.2, -0.15) is 0 Å². The molecule has 68 valence electrons. The number of thiophene rings is 1. The average Bonchev–Trinajstić information content (AvgIpc) is 2.35. The summed E-state index contributed by atoms with van der Waals surface area (Å²) in [6.45, 7) is 4.38. The first-order chi connectivity index (χ1) is 5.53. The molecule has 0 unspecified atom stereocenters. The molecule has 0 fully saturated rings. The van der Waals surface area contributed by atoms with Crippen molar-refractivity contribution in [3.05, 3.63) is 20.8 Å². The van der Waals surface area contributed by atoms with Gasteiger partial charge in [0.25, 0.3) is 0 Å². The van der Waals surface area contributed by atoms with E-state index in [0.717, 1.165) is 10.2 Å². The van der Waals surface area contributed by atoms with Crippen LogP contribution in [0.3, 0.4) is 0 Å². The molecule has 0 aliphatic heterocycles. The van der Waals surface area contributed by atoms with Crippen molar-refractivity contribution in [1.29, 1.82) is 0 Å². The van der Waals surface area contributed by atoms with Gasteiger partial charge >= 0.3 is 0 Å². The largest absolute Gasteiger partial charge is 0.396 e. The lowest BCUT2D eigenvalue weighted by molar-refractivity contribution is 0.160. The van der Waals surface area contributed by atoms with Gasteiger partial charge in [0.2, 0.25) is 0 Å². The Morgan fingerprint density at radius 3 is 2.58 bits per heavy atom. The van der Waals surface area contributed by atoms with Crippen LogP contribution in [0, 0.1) is 5.41 Å². The Morgan fingerprint density at radius 1 is 1.50 bits per heavy atom. The number of rotatable bonds is 3. The molecule has 0 saturated heterocycles. The number of halogens is 1. The summed E-state index contributed by atoms with van der Waals surface area (Å²) in [4.78, 5) is 1.32. The van der Waals surface area contributed by atoms with E-state index in [2.05, 4.69) is 35.8 Å². The normalized spacial score (nSPS) is 12.0. The second-order valence-corrected chi connectivity index (χ2v) is 6.25. The molecule has 1 N–H and O–H groups in total. The highest BCUT2D eigenvalue weighted by Crippen LogP contribution is 2.28. The molecule has 0 amide bonds. The van der Waals surface area contributed by atoms with Gasteiger partial charge in [0.15, 0.2) is 0 Å². The van der Waals surface area contributed by atoms with E-state index in [1.807, 2.05) is 6.07 Å². The van der Waals surface area contributed by atoms with Crippen molar-refractivity contribution >= 4 is 27.3 Å². The molecule has 1 heterocycles. The first-order valence-electron chi connectivity index (χ1n) is 3.88. The van der Waals surface area contributed by atoms with Gasteiger partial charge in [-0.05, 0) is 39.9 Å². The number of aliphatic hydroxyl groups excluding tert-OH is 1. The van der Waals surface area contributed by atoms with Crippen molar-refractivity contribution in [2.75, 3.05) is 6.61 Å². The Hall–Kier alpha value is 0.140. The van der Waals surface area contributed by atoms with Gasteiger partial charge in [-0.15, -0.1) is 11.3 Å². The SMILES string of the molecule is CC(C)(CO)Cc1ccc(Br)s1. The topological polar surface area (TPSA) is 20.2 Å². The van der Waals surface area contributed by atoms with Crippen molar-refractivity contribution < 1.29 is 5.11 Å². The van der Waals surface area contributed by atoms with Crippen LogP contribution in [0.25, 0.3) is 0 Å². The van der Waals surface area contributed by atoms with Gasteiger partial charge in [-0.25, -0.2) is 0 Å². The molecule has 0 saturated carbocycles. The smallest absolute Gasteiger partial charge is 0.0701 e. The summed E-state index contributed by atoms with van der Waals surface area (Å²) in [6, 6.07) is 4.15. The quantitative estimate of drug-likeness (QED) is 0.872. The number of aliphatic hydroxyl groups is 1. The molecule has 1 aromatic rings. The number of hydrogen-bond acceptors (Lipinski definition) is 2. The molecule has 0 aliphatic rings. The van der Waals surface area contributed by atoms with Gasteiger partial charge in [0.1, 0.15) is 0 Å². The lowest BCUT2D eigenvalue weighted by Crippen LogP contribution is -2.18. The Balaban J connectivity index is 2.63. The highest BCUT2D eigenvalue weighted by atomic mass is 79.9. The summed E-state index contributed by atoms with van der Waals surface area (Å²) in [5.74, 6) is 0. The lowest BCUT2D eigenvalue weighted by atomic mass is 9.90. The third-order valence-corrected chi connectivity index (χ3v) is 3.33. The van der Waals surface area contributed by atoms with Gasteiger partial charge in [0.05, 0.1) is 3.79 Å². The molecule has 0 radical (unpaired) electrons. The summed E-state index contributed by atoms with van der Waals surface area (Å²) >= 11 is 5.15. The van der Waals surface area contributed by atoms with Crippen LogP contribution in [0.1, 0.15) is 18.7 Å². The van der Waals surface area contributed by atoms with Gasteiger partial charge in [0, 0.05) is 11.5 Å². The lowest BCUT2D eigenvalue weighted by Gasteiger charge is -2.19. The second-order valence-electron chi connectivity index (χ2n) is 3.70. The molecule has 0 aromatic carbocycles. The highest BCUT2D eigenvalue weighted by Gasteiger charge is 2.17. The van der Waals surface area contributed by atoms with Gasteiger partial charge in [-0.1, -0.05) is 13.8 Å². The molecule has 0 spiro atoms. The summed E-state index contributed by atoms with van der Waals surface area (Å²) < 4.78 is 1.16. The standard InChI is InChI=1S/C9H13BrOS/c1-9(2,6-11)5-7-3-4-8(10)12-7/h3-4,11H,5-6H2,1-2H3. The maximum atomic E-state index is 9.06. The minimum absolute atomic E-state index is 0.00426. The zero-order valence-electron chi connectivity index (χ0n) is 7.30. The summed E-state index contributed by atoms with van der Waals surface area (Å²) in [5, 5.41) is 9.06. The van der Waals surface area contributed by atoms with E-state index in [-0.39, 0.29) is 12.0 Å². The van der Waals surface area contributed by atoms with Crippen LogP contribution in [0.15, 0.2) is 15.9 Å². The second kappa shape index (κ2) is 3.90. The summed E-state index contributed by atoms with van der Waals surface area (Å²) in [7, 11) is 0. The molecule has 1 aromatic heterocycles. The Labute approximate surface area is 85.6 Å².